The molecule has 7 nitrogen and oxygen atoms in total. The Morgan fingerprint density at radius 3 is 0.828 bits per heavy atom. The molecule has 128 heavy (non-hydrogen) atoms. The van der Waals surface area contributed by atoms with Gasteiger partial charge in [-0.25, -0.2) is 24.9 Å². The lowest BCUT2D eigenvalue weighted by molar-refractivity contribution is 0.591. The van der Waals surface area contributed by atoms with E-state index in [1.807, 2.05) is 285 Å². The fraction of sp³-hybridized carbons (Fsp3) is 0. The number of hydrogen-bond acceptors (Lipinski definition) is 7. The minimum Gasteiger partial charge on any atom is -0.309 e. The van der Waals surface area contributed by atoms with Gasteiger partial charge in [-0.1, -0.05) is 479 Å². The molecule has 0 unspecified atom stereocenters. The zero-order valence-corrected chi connectivity index (χ0v) is 71.7. The van der Waals surface area contributed by atoms with Crippen molar-refractivity contribution in [2.75, 3.05) is 0 Å². The van der Waals surface area contributed by atoms with Crippen molar-refractivity contribution in [1.29, 1.82) is 0 Å². The van der Waals surface area contributed by atoms with E-state index in [0.717, 1.165) is 76.6 Å². The lowest BCUT2D eigenvalue weighted by Gasteiger charge is -2.21. The Labute approximate surface area is 745 Å². The third-order valence-electron chi connectivity index (χ3n) is 23.7. The van der Waals surface area contributed by atoms with Crippen LogP contribution < -0.4 is 31.8 Å². The minimum absolute atomic E-state index is 0.568. The first-order valence-electron chi connectivity index (χ1n) is 43.0. The summed E-state index contributed by atoms with van der Waals surface area (Å²) in [6.45, 7) is 0. The lowest BCUT2D eigenvalue weighted by Crippen LogP contribution is -2.24. The van der Waals surface area contributed by atoms with Gasteiger partial charge in [-0.3, -0.25) is 0 Å². The summed E-state index contributed by atoms with van der Waals surface area (Å²) >= 11 is 0. The molecule has 2 aromatic heterocycles. The lowest BCUT2D eigenvalue weighted by atomic mass is 9.82. The Bertz CT molecular complexity index is 7220. The van der Waals surface area contributed by atoms with Gasteiger partial charge in [0.15, 0.2) is 37.6 Å². The molecule has 0 N–H and O–H groups in total. The number of benzene rings is 20. The third kappa shape index (κ3) is 16.4. The predicted molar refractivity (Wildman–Crippen MR) is 537 cm³/mol. The molecule has 0 radical (unpaired) electrons. The van der Waals surface area contributed by atoms with Crippen molar-refractivity contribution in [3.8, 4) is 124 Å². The maximum absolute atomic E-state index is 14.7. The van der Waals surface area contributed by atoms with Gasteiger partial charge < -0.3 is 9.13 Å². The molecule has 0 aliphatic carbocycles. The predicted octanol–water partition coefficient (Wildman–Crippen LogP) is 28.3. The maximum atomic E-state index is 14.7. The second-order valence-corrected chi connectivity index (χ2v) is 37.1. The summed E-state index contributed by atoms with van der Waals surface area (Å²) in [4.78, 5) is 24.2. The molecule has 0 aliphatic heterocycles. The molecule has 22 aromatic rings. The first kappa shape index (κ1) is 80.4. The summed E-state index contributed by atoms with van der Waals surface area (Å²) in [5.74, 6) is 2.46. The highest BCUT2D eigenvalue weighted by atomic mass is 31.2. The monoisotopic (exact) mass is 1680 g/mol. The molecule has 0 saturated carbocycles. The van der Waals surface area contributed by atoms with Crippen molar-refractivity contribution in [2.45, 2.75) is 0 Å². The van der Waals surface area contributed by atoms with E-state index in [-0.39, 0.29) is 0 Å². The Balaban J connectivity index is 0.000000123. The summed E-state index contributed by atoms with van der Waals surface area (Å²) in [5, 5.41) is 14.8. The van der Waals surface area contributed by atoms with Gasteiger partial charge in [0.05, 0.1) is 11.4 Å². The van der Waals surface area contributed by atoms with Gasteiger partial charge in [0.1, 0.15) is 0 Å². The average molecular weight is 1680 g/mol. The van der Waals surface area contributed by atoms with Crippen LogP contribution in [0.2, 0.25) is 0 Å². The number of aromatic nitrogens is 5. The van der Waals surface area contributed by atoms with Gasteiger partial charge in [0, 0.05) is 65.2 Å². The van der Waals surface area contributed by atoms with Gasteiger partial charge in [0.25, 0.3) is 0 Å². The van der Waals surface area contributed by atoms with Crippen LogP contribution in [-0.4, -0.2) is 24.9 Å². The first-order valence-corrected chi connectivity index (χ1v) is 46.4. The van der Waals surface area contributed by atoms with E-state index in [0.29, 0.717) is 23.3 Å². The molecule has 0 aliphatic rings. The fourth-order valence-corrected chi connectivity index (χ4v) is 22.6. The Hall–Kier alpha value is -16.0. The molecule has 0 saturated heterocycles. The van der Waals surface area contributed by atoms with Gasteiger partial charge in [-0.2, -0.15) is 0 Å². The topological polar surface area (TPSA) is 98.6 Å². The highest BCUT2D eigenvalue weighted by Gasteiger charge is 2.32. The highest BCUT2D eigenvalue weighted by Crippen LogP contribution is 2.50. The SMILES string of the molecule is O=P(c1ccccc1)(c1ccccc1)c1ccc(-c2cc(-c3ccccc3)nc(-c3ccccc3)n2)cc1.O=P(c1ccccc1)(c1ccccc1)c1ccc(-c2nc(-c3ccccc3)nc(-c3ccccc3)n2)cc1.c1ccc(-c2ccc3c(-c4ccc5ccccc5c4)c4ccc(-c5ccccc5)cc4c(-c4cccc5c(-c6ccccc6)cccc45)c3c2)cc1. The van der Waals surface area contributed by atoms with Crippen LogP contribution in [0, 0.1) is 0 Å². The average Bonchev–Trinajstić information content (AvgIpc) is 0.715. The molecule has 22 rings (SSSR count). The van der Waals surface area contributed by atoms with Crippen LogP contribution >= 0.6 is 14.3 Å². The van der Waals surface area contributed by atoms with Crippen LogP contribution in [0.4, 0.5) is 0 Å². The Morgan fingerprint density at radius 1 is 0.148 bits per heavy atom. The Kier molecular flexibility index (Phi) is 22.9. The smallest absolute Gasteiger partial charge is 0.171 e. The van der Waals surface area contributed by atoms with Crippen molar-refractivity contribution >= 4 is 89.2 Å². The molecular weight excluding hydrogens is 1590 g/mol. The second kappa shape index (κ2) is 36.4. The molecular formula is C119H83N5O2P2. The fourth-order valence-electron chi connectivity index (χ4n) is 17.3. The van der Waals surface area contributed by atoms with Crippen LogP contribution in [-0.2, 0) is 9.13 Å². The van der Waals surface area contributed by atoms with Crippen molar-refractivity contribution in [3.63, 3.8) is 0 Å². The number of fused-ring (bicyclic) bond motifs is 4. The highest BCUT2D eigenvalue weighted by molar-refractivity contribution is 7.85. The minimum atomic E-state index is -3.06. The quantitative estimate of drug-likeness (QED) is 0.0661. The molecule has 0 amide bonds. The number of rotatable bonds is 17. The maximum Gasteiger partial charge on any atom is 0.171 e. The molecule has 0 spiro atoms. The van der Waals surface area contributed by atoms with Gasteiger partial charge in [0.2, 0.25) is 0 Å². The summed E-state index contributed by atoms with van der Waals surface area (Å²) in [7, 11) is -6.09. The second-order valence-electron chi connectivity index (χ2n) is 31.5. The van der Waals surface area contributed by atoms with E-state index in [4.69, 9.17) is 24.9 Å². The zero-order chi connectivity index (χ0) is 86.0. The summed E-state index contributed by atoms with van der Waals surface area (Å²) in [5.41, 5.74) is 19.6. The first-order chi connectivity index (χ1) is 63.2. The molecule has 0 bridgehead atoms. The Morgan fingerprint density at radius 2 is 0.430 bits per heavy atom. The molecule has 0 atom stereocenters. The standard InChI is InChI=1S/C52H34.C34H25N2OP.C33H24N3OP/c1-4-14-35(15-5-1)40-28-30-47-49(33-40)52(46-25-13-23-44-43(22-12-24-45(44)46)38-19-8-3-9-20-38)50-34-41(36-16-6-2-7-17-36)29-31-48(50)51(47)42-27-26-37-18-10-11-21-39(37)32-42;37-38(29-17-9-3-10-18-29,30-19-11-4-12-20-30)31-23-21-27(22-24-31)33-25-32(26-13-5-1-6-14-26)35-34(36-33)28-15-7-2-8-16-28;37-38(28-17-9-3-10-18-28,29-19-11-4-12-20-29)30-23-21-27(22-24-30)33-35-31(25-13-5-1-6-14-25)34-32(36-33)26-15-7-2-8-16-26/h1-34H;1-25H;1-24H. The van der Waals surface area contributed by atoms with E-state index in [1.165, 1.54) is 98.7 Å². The van der Waals surface area contributed by atoms with Gasteiger partial charge in [-0.15, -0.1) is 0 Å². The van der Waals surface area contributed by atoms with Gasteiger partial charge in [-0.05, 0) is 123 Å². The van der Waals surface area contributed by atoms with Crippen LogP contribution in [0.25, 0.3) is 167 Å². The van der Waals surface area contributed by atoms with Crippen molar-refractivity contribution in [3.05, 3.63) is 504 Å². The van der Waals surface area contributed by atoms with Gasteiger partial charge >= 0.3 is 0 Å². The molecule has 606 valence electrons. The van der Waals surface area contributed by atoms with Crippen LogP contribution in [0.1, 0.15) is 0 Å². The van der Waals surface area contributed by atoms with Crippen LogP contribution in [0.3, 0.4) is 0 Å². The molecule has 9 heteroatoms. The van der Waals surface area contributed by atoms with Crippen molar-refractivity contribution < 1.29 is 9.13 Å². The molecule has 0 fully saturated rings. The van der Waals surface area contributed by atoms with E-state index < -0.39 is 14.3 Å². The zero-order valence-electron chi connectivity index (χ0n) is 69.9. The summed E-state index contributed by atoms with van der Waals surface area (Å²) < 4.78 is 29.4. The van der Waals surface area contributed by atoms with E-state index in [9.17, 15) is 9.13 Å². The molecule has 2 heterocycles. The summed E-state index contributed by atoms with van der Waals surface area (Å²) in [6.07, 6.45) is 0. The van der Waals surface area contributed by atoms with Crippen molar-refractivity contribution in [1.82, 2.24) is 24.9 Å². The van der Waals surface area contributed by atoms with Crippen LogP contribution in [0.5, 0.6) is 0 Å². The van der Waals surface area contributed by atoms with E-state index in [2.05, 4.69) is 218 Å². The third-order valence-corrected chi connectivity index (χ3v) is 29.8. The normalized spacial score (nSPS) is 11.3. The van der Waals surface area contributed by atoms with E-state index >= 15 is 0 Å². The summed E-state index contributed by atoms with van der Waals surface area (Å²) in [6, 6.07) is 172. The number of nitrogens with zero attached hydrogens (tertiary/aromatic N) is 5. The van der Waals surface area contributed by atoms with Crippen molar-refractivity contribution in [2.24, 2.45) is 0 Å². The van der Waals surface area contributed by atoms with Crippen LogP contribution in [0.15, 0.2) is 504 Å². The van der Waals surface area contributed by atoms with E-state index in [1.54, 1.807) is 0 Å². The number of hydrogen-bond donors (Lipinski definition) is 0. The molecule has 20 aromatic carbocycles. The largest absolute Gasteiger partial charge is 0.309 e.